The normalized spacial score (nSPS) is 12.4. The average molecular weight is 242 g/mol. The van der Waals surface area contributed by atoms with Crippen LogP contribution in [0.5, 0.6) is 0 Å². The van der Waals surface area contributed by atoms with Gasteiger partial charge in [0.25, 0.3) is 0 Å². The van der Waals surface area contributed by atoms with E-state index >= 15 is 0 Å². The first kappa shape index (κ1) is 13.6. The molecule has 1 N–H and O–H groups in total. The Morgan fingerprint density at radius 3 is 2.31 bits per heavy atom. The molecule has 0 saturated carbocycles. The second-order valence-corrected chi connectivity index (χ2v) is 6.51. The van der Waals surface area contributed by atoms with Crippen LogP contribution < -0.4 is 0 Å². The van der Waals surface area contributed by atoms with Crippen molar-refractivity contribution in [1.82, 2.24) is 9.88 Å². The molecule has 0 bridgehead atoms. The fourth-order valence-corrected chi connectivity index (χ4v) is 2.65. The highest BCUT2D eigenvalue weighted by Gasteiger charge is 2.22. The highest BCUT2D eigenvalue weighted by atomic mass is 32.1. The summed E-state index contributed by atoms with van der Waals surface area (Å²) in [6.45, 7) is 7.51. The Balaban J connectivity index is 2.86. The first-order valence-electron chi connectivity index (χ1n) is 5.59. The molecule has 1 aromatic rings. The summed E-state index contributed by atoms with van der Waals surface area (Å²) in [6, 6.07) is 0. The van der Waals surface area contributed by atoms with Gasteiger partial charge in [0.2, 0.25) is 0 Å². The van der Waals surface area contributed by atoms with E-state index in [9.17, 15) is 5.11 Å². The molecule has 3 nitrogen and oxygen atoms in total. The number of rotatable bonds is 4. The quantitative estimate of drug-likeness (QED) is 0.878. The highest BCUT2D eigenvalue weighted by Crippen LogP contribution is 2.29. The van der Waals surface area contributed by atoms with Gasteiger partial charge in [-0.2, -0.15) is 0 Å². The molecule has 92 valence electrons. The lowest BCUT2D eigenvalue weighted by Crippen LogP contribution is -2.16. The van der Waals surface area contributed by atoms with E-state index < -0.39 is 0 Å². The number of aromatic nitrogens is 1. The van der Waals surface area contributed by atoms with Crippen molar-refractivity contribution < 1.29 is 5.11 Å². The van der Waals surface area contributed by atoms with Gasteiger partial charge in [0.05, 0.1) is 22.2 Å². The summed E-state index contributed by atoms with van der Waals surface area (Å²) in [5, 5.41) is 10.5. The van der Waals surface area contributed by atoms with E-state index in [4.69, 9.17) is 0 Å². The fourth-order valence-electron chi connectivity index (χ4n) is 1.52. The molecule has 0 amide bonds. The lowest BCUT2D eigenvalue weighted by molar-refractivity contribution is 0.282. The summed E-state index contributed by atoms with van der Waals surface area (Å²) in [4.78, 5) is 7.82. The van der Waals surface area contributed by atoms with Crippen molar-refractivity contribution in [3.8, 4) is 0 Å². The number of likely N-dealkylation sites (N-methyl/N-ethyl adjacent to an activating group) is 1. The topological polar surface area (TPSA) is 36.4 Å². The molecule has 16 heavy (non-hydrogen) atoms. The van der Waals surface area contributed by atoms with Crippen molar-refractivity contribution in [2.75, 3.05) is 20.6 Å². The second-order valence-electron chi connectivity index (χ2n) is 5.34. The molecule has 0 aliphatic rings. The number of nitrogens with zero attached hydrogens (tertiary/aromatic N) is 2. The van der Waals surface area contributed by atoms with Gasteiger partial charge in [-0.1, -0.05) is 20.8 Å². The minimum atomic E-state index is 0.0188. The molecular formula is C12H22N2OS. The Morgan fingerprint density at radius 1 is 1.31 bits per heavy atom. The molecule has 0 atom stereocenters. The maximum absolute atomic E-state index is 9.33. The molecule has 0 saturated heterocycles. The van der Waals surface area contributed by atoms with Crippen molar-refractivity contribution in [2.45, 2.75) is 39.2 Å². The number of aliphatic hydroxyl groups is 1. The van der Waals surface area contributed by atoms with E-state index in [0.717, 1.165) is 28.5 Å². The molecule has 0 radical (unpaired) electrons. The van der Waals surface area contributed by atoms with Gasteiger partial charge in [-0.15, -0.1) is 11.3 Å². The summed E-state index contributed by atoms with van der Waals surface area (Å²) >= 11 is 1.64. The Labute approximate surface area is 102 Å². The van der Waals surface area contributed by atoms with Crippen LogP contribution in [0.25, 0.3) is 0 Å². The molecule has 0 aromatic carbocycles. The average Bonchev–Trinajstić information content (AvgIpc) is 2.57. The van der Waals surface area contributed by atoms with E-state index in [1.54, 1.807) is 11.3 Å². The van der Waals surface area contributed by atoms with Gasteiger partial charge in [0, 0.05) is 18.4 Å². The third-order valence-electron chi connectivity index (χ3n) is 2.37. The van der Waals surface area contributed by atoms with Gasteiger partial charge in [0.1, 0.15) is 0 Å². The smallest absolute Gasteiger partial charge is 0.0945 e. The zero-order valence-corrected chi connectivity index (χ0v) is 11.7. The van der Waals surface area contributed by atoms with Crippen LogP contribution in [0.3, 0.4) is 0 Å². The molecule has 1 aromatic heterocycles. The van der Waals surface area contributed by atoms with Crippen LogP contribution in [0.15, 0.2) is 0 Å². The summed E-state index contributed by atoms with van der Waals surface area (Å²) in [5.74, 6) is 0. The van der Waals surface area contributed by atoms with Crippen LogP contribution in [0.1, 0.15) is 36.3 Å². The zero-order valence-electron chi connectivity index (χ0n) is 10.9. The standard InChI is InChI=1S/C12H22N2OS/c1-12(2,3)11-9(8-15)16-10(13-11)6-7-14(4)5/h15H,6-8H2,1-5H3. The van der Waals surface area contributed by atoms with Gasteiger partial charge in [0.15, 0.2) is 0 Å². The predicted octanol–water partition coefficient (Wildman–Crippen LogP) is 2.04. The van der Waals surface area contributed by atoms with Gasteiger partial charge < -0.3 is 10.0 Å². The SMILES string of the molecule is CN(C)CCc1nc(C(C)(C)C)c(CO)s1. The summed E-state index contributed by atoms with van der Waals surface area (Å²) < 4.78 is 0. The van der Waals surface area contributed by atoms with Crippen LogP contribution >= 0.6 is 11.3 Å². The van der Waals surface area contributed by atoms with Crippen molar-refractivity contribution in [2.24, 2.45) is 0 Å². The van der Waals surface area contributed by atoms with Crippen molar-refractivity contribution >= 4 is 11.3 Å². The third-order valence-corrected chi connectivity index (χ3v) is 3.47. The molecular weight excluding hydrogens is 220 g/mol. The monoisotopic (exact) mass is 242 g/mol. The molecule has 0 aliphatic carbocycles. The minimum absolute atomic E-state index is 0.0188. The fraction of sp³-hybridized carbons (Fsp3) is 0.750. The molecule has 1 rings (SSSR count). The zero-order chi connectivity index (χ0) is 12.3. The molecule has 0 unspecified atom stereocenters. The lowest BCUT2D eigenvalue weighted by Gasteiger charge is -2.16. The maximum atomic E-state index is 9.33. The third kappa shape index (κ3) is 3.54. The van der Waals surface area contributed by atoms with Gasteiger partial charge in [-0.05, 0) is 14.1 Å². The van der Waals surface area contributed by atoms with E-state index in [1.807, 2.05) is 0 Å². The number of thiazole rings is 1. The largest absolute Gasteiger partial charge is 0.391 e. The number of hydrogen-bond acceptors (Lipinski definition) is 4. The summed E-state index contributed by atoms with van der Waals surface area (Å²) in [6.07, 6.45) is 0.959. The number of aliphatic hydroxyl groups excluding tert-OH is 1. The van der Waals surface area contributed by atoms with Crippen molar-refractivity contribution in [1.29, 1.82) is 0 Å². The van der Waals surface area contributed by atoms with Crippen LogP contribution in [0.4, 0.5) is 0 Å². The van der Waals surface area contributed by atoms with E-state index in [2.05, 4.69) is 44.8 Å². The molecule has 0 fully saturated rings. The summed E-state index contributed by atoms with van der Waals surface area (Å²) in [5.41, 5.74) is 1.07. The Morgan fingerprint density at radius 2 is 1.94 bits per heavy atom. The van der Waals surface area contributed by atoms with Gasteiger partial charge in [-0.25, -0.2) is 4.98 Å². The first-order valence-corrected chi connectivity index (χ1v) is 6.41. The van der Waals surface area contributed by atoms with Crippen molar-refractivity contribution in [3.63, 3.8) is 0 Å². The molecule has 4 heteroatoms. The molecule has 0 aliphatic heterocycles. The molecule has 0 spiro atoms. The van der Waals surface area contributed by atoms with Gasteiger partial charge in [-0.3, -0.25) is 0 Å². The number of hydrogen-bond donors (Lipinski definition) is 1. The van der Waals surface area contributed by atoms with Crippen LogP contribution in [-0.4, -0.2) is 35.6 Å². The Bertz CT molecular complexity index is 339. The second kappa shape index (κ2) is 5.25. The molecule has 1 heterocycles. The van der Waals surface area contributed by atoms with Crippen molar-refractivity contribution in [3.05, 3.63) is 15.6 Å². The van der Waals surface area contributed by atoms with Crippen LogP contribution in [-0.2, 0) is 18.4 Å². The maximum Gasteiger partial charge on any atom is 0.0945 e. The first-order chi connectivity index (χ1) is 7.34. The summed E-state index contributed by atoms with van der Waals surface area (Å²) in [7, 11) is 4.12. The van der Waals surface area contributed by atoms with E-state index in [0.29, 0.717) is 0 Å². The highest BCUT2D eigenvalue weighted by molar-refractivity contribution is 7.11. The minimum Gasteiger partial charge on any atom is -0.391 e. The Hall–Kier alpha value is -0.450. The van der Waals surface area contributed by atoms with Crippen LogP contribution in [0.2, 0.25) is 0 Å². The van der Waals surface area contributed by atoms with E-state index in [1.165, 1.54) is 0 Å². The predicted molar refractivity (Wildman–Crippen MR) is 69.0 cm³/mol. The van der Waals surface area contributed by atoms with E-state index in [-0.39, 0.29) is 12.0 Å². The lowest BCUT2D eigenvalue weighted by atomic mass is 9.91. The van der Waals surface area contributed by atoms with Crippen LogP contribution in [0, 0.1) is 0 Å². The van der Waals surface area contributed by atoms with Gasteiger partial charge >= 0.3 is 0 Å². The Kier molecular flexibility index (Phi) is 4.47.